The van der Waals surface area contributed by atoms with Gasteiger partial charge in [0.25, 0.3) is 0 Å². The van der Waals surface area contributed by atoms with Crippen molar-refractivity contribution in [2.24, 2.45) is 0 Å². The molecule has 1 aliphatic heterocycles. The van der Waals surface area contributed by atoms with Gasteiger partial charge in [-0.15, -0.1) is 0 Å². The maximum Gasteiger partial charge on any atom is 0.163 e. The maximum atomic E-state index is 9.16. The molecule has 0 radical (unpaired) electrons. The number of nitrogens with one attached hydrogen (secondary N) is 1. The van der Waals surface area contributed by atoms with Gasteiger partial charge in [-0.25, -0.2) is 0 Å². The fourth-order valence-corrected chi connectivity index (χ4v) is 3.86. The van der Waals surface area contributed by atoms with E-state index in [0.29, 0.717) is 23.7 Å². The lowest BCUT2D eigenvalue weighted by molar-refractivity contribution is 0.0670. The van der Waals surface area contributed by atoms with Crippen molar-refractivity contribution < 1.29 is 14.2 Å². The minimum Gasteiger partial charge on any atom is -0.493 e. The number of nitrogens with zero attached hydrogens (tertiary/aromatic N) is 2. The van der Waals surface area contributed by atoms with Crippen LogP contribution in [-0.4, -0.2) is 36.4 Å². The van der Waals surface area contributed by atoms with Gasteiger partial charge in [0.2, 0.25) is 0 Å². The molecule has 2 aromatic heterocycles. The van der Waals surface area contributed by atoms with Crippen molar-refractivity contribution in [1.82, 2.24) is 9.97 Å². The Balaban J connectivity index is 1.62. The van der Waals surface area contributed by atoms with E-state index in [2.05, 4.69) is 16.0 Å². The number of methoxy groups -OCH3 is 1. The molecule has 1 fully saturated rings. The number of H-pyrrole nitrogens is 1. The molecule has 1 N–H and O–H groups in total. The maximum absolute atomic E-state index is 9.16. The molecule has 4 aromatic rings. The minimum atomic E-state index is 0.138. The van der Waals surface area contributed by atoms with Gasteiger partial charge < -0.3 is 19.2 Å². The molecule has 0 saturated carbocycles. The van der Waals surface area contributed by atoms with Gasteiger partial charge >= 0.3 is 0 Å². The lowest BCUT2D eigenvalue weighted by Gasteiger charge is -2.15. The van der Waals surface area contributed by atoms with E-state index in [1.54, 1.807) is 7.11 Å². The Morgan fingerprint density at radius 2 is 2.14 bits per heavy atom. The van der Waals surface area contributed by atoms with Crippen LogP contribution in [-0.2, 0) is 4.74 Å². The molecular formula is C22H19N3O3. The van der Waals surface area contributed by atoms with Crippen LogP contribution in [0.2, 0.25) is 0 Å². The second kappa shape index (κ2) is 6.70. The Hall–Kier alpha value is -3.30. The number of hydrogen-bond donors (Lipinski definition) is 1. The number of aromatic amines is 1. The second-order valence-electron chi connectivity index (χ2n) is 7.01. The molecule has 0 amide bonds. The molecule has 140 valence electrons. The lowest BCUT2D eigenvalue weighted by Crippen LogP contribution is -2.16. The van der Waals surface area contributed by atoms with Gasteiger partial charge in [0.15, 0.2) is 11.5 Å². The largest absolute Gasteiger partial charge is 0.493 e. The first-order valence-electron chi connectivity index (χ1n) is 9.33. The van der Waals surface area contributed by atoms with Crippen molar-refractivity contribution in [2.75, 3.05) is 20.3 Å². The topological polar surface area (TPSA) is 80.2 Å². The van der Waals surface area contributed by atoms with E-state index in [9.17, 15) is 0 Å². The highest BCUT2D eigenvalue weighted by Gasteiger charge is 2.18. The van der Waals surface area contributed by atoms with Crippen LogP contribution in [0.5, 0.6) is 11.5 Å². The van der Waals surface area contributed by atoms with Crippen molar-refractivity contribution in [1.29, 1.82) is 5.26 Å². The lowest BCUT2D eigenvalue weighted by atomic mass is 10.1. The average molecular weight is 373 g/mol. The summed E-state index contributed by atoms with van der Waals surface area (Å²) in [6, 6.07) is 11.7. The summed E-state index contributed by atoms with van der Waals surface area (Å²) in [5.41, 5.74) is 3.33. The molecule has 5 rings (SSSR count). The summed E-state index contributed by atoms with van der Waals surface area (Å²) in [6.07, 6.45) is 4.10. The van der Waals surface area contributed by atoms with Crippen LogP contribution in [0.1, 0.15) is 18.4 Å². The highest BCUT2D eigenvalue weighted by Crippen LogP contribution is 2.37. The van der Waals surface area contributed by atoms with Crippen molar-refractivity contribution in [3.8, 4) is 17.6 Å². The molecule has 28 heavy (non-hydrogen) atoms. The summed E-state index contributed by atoms with van der Waals surface area (Å²) in [5, 5.41) is 12.2. The number of pyridine rings is 1. The molecule has 1 unspecified atom stereocenters. The number of hydrogen-bond acceptors (Lipinski definition) is 5. The smallest absolute Gasteiger partial charge is 0.163 e. The summed E-state index contributed by atoms with van der Waals surface area (Å²) in [6.45, 7) is 1.31. The van der Waals surface area contributed by atoms with Crippen molar-refractivity contribution in [2.45, 2.75) is 18.9 Å². The molecular weight excluding hydrogens is 354 g/mol. The molecule has 0 spiro atoms. The summed E-state index contributed by atoms with van der Waals surface area (Å²) in [4.78, 5) is 8.07. The van der Waals surface area contributed by atoms with Gasteiger partial charge in [-0.2, -0.15) is 5.26 Å². The van der Waals surface area contributed by atoms with E-state index in [-0.39, 0.29) is 6.10 Å². The number of fused-ring (bicyclic) bond motifs is 5. The zero-order valence-corrected chi connectivity index (χ0v) is 15.5. The van der Waals surface area contributed by atoms with Crippen molar-refractivity contribution in [3.63, 3.8) is 0 Å². The number of rotatable bonds is 4. The van der Waals surface area contributed by atoms with Gasteiger partial charge in [0.1, 0.15) is 6.61 Å². The van der Waals surface area contributed by atoms with Crippen LogP contribution >= 0.6 is 0 Å². The van der Waals surface area contributed by atoms with E-state index in [0.717, 1.165) is 52.2 Å². The van der Waals surface area contributed by atoms with Gasteiger partial charge in [-0.1, -0.05) is 6.07 Å². The third kappa shape index (κ3) is 2.72. The second-order valence-corrected chi connectivity index (χ2v) is 7.01. The van der Waals surface area contributed by atoms with Crippen LogP contribution < -0.4 is 9.47 Å². The first kappa shape index (κ1) is 16.8. The summed E-state index contributed by atoms with van der Waals surface area (Å²) < 4.78 is 17.2. The van der Waals surface area contributed by atoms with Crippen LogP contribution in [0.4, 0.5) is 0 Å². The SMILES string of the molecule is COc1cc2c(cc1OCC1CCCO1)ncc1c3ccc(C#N)cc3[nH]c21. The molecule has 6 nitrogen and oxygen atoms in total. The number of nitriles is 1. The van der Waals surface area contributed by atoms with Crippen LogP contribution in [0.15, 0.2) is 36.5 Å². The van der Waals surface area contributed by atoms with Gasteiger partial charge in [0.05, 0.1) is 35.9 Å². The predicted molar refractivity (Wildman–Crippen MR) is 107 cm³/mol. The Kier molecular flexibility index (Phi) is 4.03. The number of benzene rings is 2. The highest BCUT2D eigenvalue weighted by atomic mass is 16.5. The van der Waals surface area contributed by atoms with Gasteiger partial charge in [-0.05, 0) is 31.0 Å². The highest BCUT2D eigenvalue weighted by molar-refractivity contribution is 6.16. The molecule has 0 bridgehead atoms. The molecule has 1 aliphatic rings. The fourth-order valence-electron chi connectivity index (χ4n) is 3.86. The quantitative estimate of drug-likeness (QED) is 0.577. The Bertz CT molecular complexity index is 1230. The minimum absolute atomic E-state index is 0.138. The summed E-state index contributed by atoms with van der Waals surface area (Å²) in [5.74, 6) is 1.33. The van der Waals surface area contributed by atoms with Crippen LogP contribution in [0, 0.1) is 11.3 Å². The zero-order valence-electron chi connectivity index (χ0n) is 15.5. The normalized spacial score (nSPS) is 16.6. The first-order chi connectivity index (χ1) is 13.8. The molecule has 1 saturated heterocycles. The summed E-state index contributed by atoms with van der Waals surface area (Å²) >= 11 is 0. The van der Waals surface area contributed by atoms with E-state index in [1.807, 2.05) is 36.5 Å². The fraction of sp³-hybridized carbons (Fsp3) is 0.273. The standard InChI is InChI=1S/C22H19N3O3/c1-26-20-8-16-18(9-21(20)28-12-14-3-2-6-27-14)24-11-17-15-5-4-13(10-23)7-19(15)25-22(16)17/h4-5,7-9,11,14,25H,2-3,6,12H2,1H3. The zero-order chi connectivity index (χ0) is 19.1. The Morgan fingerprint density at radius 1 is 1.21 bits per heavy atom. The first-order valence-corrected chi connectivity index (χ1v) is 9.33. The van der Waals surface area contributed by atoms with Crippen molar-refractivity contribution in [3.05, 3.63) is 42.1 Å². The van der Waals surface area contributed by atoms with Crippen LogP contribution in [0.3, 0.4) is 0 Å². The third-order valence-electron chi connectivity index (χ3n) is 5.30. The molecule has 0 aliphatic carbocycles. The van der Waals surface area contributed by atoms with Crippen LogP contribution in [0.25, 0.3) is 32.7 Å². The van der Waals surface area contributed by atoms with Gasteiger partial charge in [-0.3, -0.25) is 4.98 Å². The van der Waals surface area contributed by atoms with E-state index in [4.69, 9.17) is 19.5 Å². The van der Waals surface area contributed by atoms with Gasteiger partial charge in [0, 0.05) is 40.5 Å². The molecule has 2 aromatic carbocycles. The molecule has 6 heteroatoms. The monoisotopic (exact) mass is 373 g/mol. The number of ether oxygens (including phenoxy) is 3. The number of aromatic nitrogens is 2. The van der Waals surface area contributed by atoms with Crippen molar-refractivity contribution >= 4 is 32.7 Å². The molecule has 1 atom stereocenters. The van der Waals surface area contributed by atoms with E-state index < -0.39 is 0 Å². The predicted octanol–water partition coefficient (Wildman–Crippen LogP) is 4.31. The Labute approximate surface area is 161 Å². The summed E-state index contributed by atoms with van der Waals surface area (Å²) in [7, 11) is 1.64. The van der Waals surface area contributed by atoms with E-state index in [1.165, 1.54) is 0 Å². The Morgan fingerprint density at radius 3 is 2.93 bits per heavy atom. The third-order valence-corrected chi connectivity index (χ3v) is 5.30. The van der Waals surface area contributed by atoms with E-state index >= 15 is 0 Å². The average Bonchev–Trinajstić information content (AvgIpc) is 3.38. The molecule has 3 heterocycles.